The van der Waals surface area contributed by atoms with E-state index in [0.717, 1.165) is 6.07 Å². The summed E-state index contributed by atoms with van der Waals surface area (Å²) in [6, 6.07) is 15.5. The summed E-state index contributed by atoms with van der Waals surface area (Å²) in [5.74, 6) is 0.160. The van der Waals surface area contributed by atoms with Crippen molar-refractivity contribution < 1.29 is 27.4 Å². The molecule has 1 N–H and O–H groups in total. The molecule has 0 aliphatic rings. The van der Waals surface area contributed by atoms with Crippen molar-refractivity contribution in [2.24, 2.45) is 0 Å². The molecule has 1 heterocycles. The summed E-state index contributed by atoms with van der Waals surface area (Å²) in [6.07, 6.45) is -3.23. The lowest BCUT2D eigenvalue weighted by atomic mass is 10.0. The van der Waals surface area contributed by atoms with Gasteiger partial charge in [-0.2, -0.15) is 13.2 Å². The molecule has 6 nitrogen and oxygen atoms in total. The van der Waals surface area contributed by atoms with Crippen molar-refractivity contribution in [3.05, 3.63) is 89.4 Å². The number of fused-ring (bicyclic) bond motifs is 1. The lowest BCUT2D eigenvalue weighted by Crippen LogP contribution is -2.17. The van der Waals surface area contributed by atoms with Gasteiger partial charge in [-0.15, -0.1) is 0 Å². The van der Waals surface area contributed by atoms with E-state index < -0.39 is 17.6 Å². The van der Waals surface area contributed by atoms with Crippen molar-refractivity contribution in [3.8, 4) is 11.6 Å². The van der Waals surface area contributed by atoms with Gasteiger partial charge in [-0.3, -0.25) is 4.79 Å². The van der Waals surface area contributed by atoms with E-state index >= 15 is 0 Å². The summed E-state index contributed by atoms with van der Waals surface area (Å²) in [6.45, 7) is 1.87. The quantitative estimate of drug-likeness (QED) is 0.368. The first kappa shape index (κ1) is 23.2. The Labute approximate surface area is 193 Å². The van der Waals surface area contributed by atoms with E-state index in [9.17, 15) is 18.0 Å². The molecule has 1 aromatic heterocycles. The Kier molecular flexibility index (Phi) is 6.47. The summed E-state index contributed by atoms with van der Waals surface area (Å²) in [5.41, 5.74) is 0.148. The number of ether oxygens (including phenoxy) is 2. The molecule has 0 spiro atoms. The lowest BCUT2D eigenvalue weighted by molar-refractivity contribution is -0.136. The Balaban J connectivity index is 1.61. The van der Waals surface area contributed by atoms with Crippen LogP contribution in [0.25, 0.3) is 10.8 Å². The molecule has 0 unspecified atom stereocenters. The Hall–Kier alpha value is -3.98. The molecule has 0 bridgehead atoms. The van der Waals surface area contributed by atoms with Crippen LogP contribution < -0.4 is 10.1 Å². The molecule has 4 aromatic rings. The average molecular weight is 467 g/mol. The Bertz CT molecular complexity index is 1360. The molecule has 1 amide bonds. The number of carbonyl (C=O) groups is 1. The summed E-state index contributed by atoms with van der Waals surface area (Å²) >= 11 is 0. The highest BCUT2D eigenvalue weighted by Crippen LogP contribution is 2.36. The monoisotopic (exact) mass is 467 g/mol. The van der Waals surface area contributed by atoms with Gasteiger partial charge in [0.1, 0.15) is 12.1 Å². The van der Waals surface area contributed by atoms with Gasteiger partial charge in [0.15, 0.2) is 0 Å². The molecule has 34 heavy (non-hydrogen) atoms. The second-order valence-corrected chi connectivity index (χ2v) is 7.57. The maximum Gasteiger partial charge on any atom is 0.418 e. The van der Waals surface area contributed by atoms with Crippen molar-refractivity contribution in [2.75, 3.05) is 12.4 Å². The Morgan fingerprint density at radius 2 is 1.85 bits per heavy atom. The first-order valence-electron chi connectivity index (χ1n) is 10.2. The van der Waals surface area contributed by atoms with Gasteiger partial charge in [-0.1, -0.05) is 23.8 Å². The van der Waals surface area contributed by atoms with Crippen LogP contribution in [0.4, 0.5) is 18.9 Å². The van der Waals surface area contributed by atoms with Crippen LogP contribution in [0.5, 0.6) is 11.6 Å². The number of rotatable bonds is 6. The number of methoxy groups -OCH3 is 1. The predicted octanol–water partition coefficient (Wildman–Crippen LogP) is 6.15. The van der Waals surface area contributed by atoms with E-state index in [0.29, 0.717) is 40.3 Å². The van der Waals surface area contributed by atoms with E-state index in [1.54, 1.807) is 56.5 Å². The predicted molar refractivity (Wildman–Crippen MR) is 121 cm³/mol. The number of aromatic nitrogens is 2. The SMILES string of the molecule is COCc1cc(Oc2ccc3c(C(=O)Nc4ccc(C)cc4C(F)(F)F)cccc3c2)ncn1. The van der Waals surface area contributed by atoms with Gasteiger partial charge in [-0.25, -0.2) is 9.97 Å². The number of alkyl halides is 3. The number of halogens is 3. The van der Waals surface area contributed by atoms with Crippen LogP contribution in [0.15, 0.2) is 67.0 Å². The molecule has 0 saturated carbocycles. The average Bonchev–Trinajstić information content (AvgIpc) is 2.79. The van der Waals surface area contributed by atoms with E-state index in [1.807, 2.05) is 0 Å². The number of hydrogen-bond donors (Lipinski definition) is 1. The smallest absolute Gasteiger partial charge is 0.418 e. The van der Waals surface area contributed by atoms with Crippen LogP contribution in [-0.4, -0.2) is 23.0 Å². The van der Waals surface area contributed by atoms with Gasteiger partial charge in [-0.05, 0) is 54.1 Å². The number of carbonyl (C=O) groups excluding carboxylic acids is 1. The van der Waals surface area contributed by atoms with Gasteiger partial charge in [0.05, 0.1) is 23.6 Å². The summed E-state index contributed by atoms with van der Waals surface area (Å²) in [7, 11) is 1.56. The second-order valence-electron chi connectivity index (χ2n) is 7.57. The molecule has 9 heteroatoms. The van der Waals surface area contributed by atoms with E-state index in [1.165, 1.54) is 18.5 Å². The topological polar surface area (TPSA) is 73.3 Å². The number of benzene rings is 3. The van der Waals surface area contributed by atoms with Crippen molar-refractivity contribution in [2.45, 2.75) is 19.7 Å². The van der Waals surface area contributed by atoms with Crippen molar-refractivity contribution in [1.29, 1.82) is 0 Å². The largest absolute Gasteiger partial charge is 0.439 e. The highest BCUT2D eigenvalue weighted by Gasteiger charge is 2.34. The zero-order valence-corrected chi connectivity index (χ0v) is 18.3. The third-order valence-corrected chi connectivity index (χ3v) is 5.04. The molecule has 174 valence electrons. The minimum absolute atomic E-state index is 0.238. The zero-order valence-electron chi connectivity index (χ0n) is 18.3. The van der Waals surface area contributed by atoms with Crippen LogP contribution in [-0.2, 0) is 17.5 Å². The third kappa shape index (κ3) is 5.15. The zero-order chi connectivity index (χ0) is 24.3. The normalized spacial score (nSPS) is 11.4. The highest BCUT2D eigenvalue weighted by atomic mass is 19.4. The number of anilines is 1. The van der Waals surface area contributed by atoms with Crippen LogP contribution in [0, 0.1) is 6.92 Å². The Morgan fingerprint density at radius 1 is 1.03 bits per heavy atom. The van der Waals surface area contributed by atoms with Crippen LogP contribution in [0.1, 0.15) is 27.2 Å². The first-order valence-corrected chi connectivity index (χ1v) is 10.2. The minimum Gasteiger partial charge on any atom is -0.439 e. The van der Waals surface area contributed by atoms with Gasteiger partial charge >= 0.3 is 6.18 Å². The van der Waals surface area contributed by atoms with Crippen molar-refractivity contribution in [3.63, 3.8) is 0 Å². The van der Waals surface area contributed by atoms with Crippen LogP contribution in [0.2, 0.25) is 0 Å². The fourth-order valence-corrected chi connectivity index (χ4v) is 3.49. The molecule has 0 saturated heterocycles. The summed E-state index contributed by atoms with van der Waals surface area (Å²) in [5, 5.41) is 3.65. The molecule has 0 radical (unpaired) electrons. The molecule has 0 fully saturated rings. The number of amides is 1. The fourth-order valence-electron chi connectivity index (χ4n) is 3.49. The van der Waals surface area contributed by atoms with E-state index in [4.69, 9.17) is 9.47 Å². The lowest BCUT2D eigenvalue weighted by Gasteiger charge is -2.15. The van der Waals surface area contributed by atoms with Gasteiger partial charge in [0, 0.05) is 18.7 Å². The fraction of sp³-hybridized carbons (Fsp3) is 0.160. The Morgan fingerprint density at radius 3 is 2.62 bits per heavy atom. The van der Waals surface area contributed by atoms with E-state index in [2.05, 4.69) is 15.3 Å². The number of hydrogen-bond acceptors (Lipinski definition) is 5. The second kappa shape index (κ2) is 9.48. The molecular formula is C25H20F3N3O3. The minimum atomic E-state index is -4.59. The first-order chi connectivity index (χ1) is 16.2. The molecule has 3 aromatic carbocycles. The molecule has 4 rings (SSSR count). The molecular weight excluding hydrogens is 447 g/mol. The van der Waals surface area contributed by atoms with Crippen molar-refractivity contribution in [1.82, 2.24) is 9.97 Å². The maximum atomic E-state index is 13.4. The van der Waals surface area contributed by atoms with Gasteiger partial charge in [0.25, 0.3) is 5.91 Å². The number of nitrogens with zero attached hydrogens (tertiary/aromatic N) is 2. The number of nitrogens with one attached hydrogen (secondary N) is 1. The maximum absolute atomic E-state index is 13.4. The standard InChI is InChI=1S/C25H20F3N3O3/c1-15-6-9-22(21(10-15)25(26,27)28)31-24(32)20-5-3-4-16-11-18(7-8-19(16)20)34-23-12-17(13-33-2)29-14-30-23/h3-12,14H,13H2,1-2H3,(H,31,32). The molecule has 0 aliphatic carbocycles. The van der Waals surface area contributed by atoms with Crippen molar-refractivity contribution >= 4 is 22.4 Å². The summed E-state index contributed by atoms with van der Waals surface area (Å²) < 4.78 is 51.2. The third-order valence-electron chi connectivity index (χ3n) is 5.04. The summed E-state index contributed by atoms with van der Waals surface area (Å²) in [4.78, 5) is 21.1. The van der Waals surface area contributed by atoms with Gasteiger partial charge < -0.3 is 14.8 Å². The molecule has 0 aliphatic heterocycles. The van der Waals surface area contributed by atoms with Crippen LogP contribution >= 0.6 is 0 Å². The van der Waals surface area contributed by atoms with Crippen LogP contribution in [0.3, 0.4) is 0 Å². The molecule has 0 atom stereocenters. The highest BCUT2D eigenvalue weighted by molar-refractivity contribution is 6.13. The van der Waals surface area contributed by atoms with Gasteiger partial charge in [0.2, 0.25) is 5.88 Å². The number of aryl methyl sites for hydroxylation is 1. The van der Waals surface area contributed by atoms with E-state index in [-0.39, 0.29) is 11.3 Å².